The number of carboxylic acids is 1. The van der Waals surface area contributed by atoms with E-state index in [1.54, 1.807) is 0 Å². The zero-order valence-corrected chi connectivity index (χ0v) is 24.4. The molecule has 1 N–H and O–H groups in total. The number of halogens is 4. The normalized spacial score (nSPS) is 18.3. The van der Waals surface area contributed by atoms with Gasteiger partial charge in [-0.3, -0.25) is 19.4 Å². The van der Waals surface area contributed by atoms with Gasteiger partial charge in [0, 0.05) is 49.2 Å². The van der Waals surface area contributed by atoms with Crippen LogP contribution in [0, 0.1) is 5.82 Å². The van der Waals surface area contributed by atoms with Gasteiger partial charge in [-0.25, -0.2) is 19.3 Å². The molecule has 0 aliphatic carbocycles. The largest absolute Gasteiger partial charge is 0.480 e. The van der Waals surface area contributed by atoms with E-state index < -0.39 is 23.5 Å². The number of alkyl halides is 3. The minimum Gasteiger partial charge on any atom is -0.480 e. The highest BCUT2D eigenvalue weighted by molar-refractivity contribution is 7.12. The first-order valence-electron chi connectivity index (χ1n) is 14.1. The lowest BCUT2D eigenvalue weighted by Crippen LogP contribution is -2.48. The van der Waals surface area contributed by atoms with Crippen LogP contribution < -0.4 is 4.90 Å². The summed E-state index contributed by atoms with van der Waals surface area (Å²) in [5, 5.41) is 9.38. The number of likely N-dealkylation sites (tertiary alicyclic amines) is 1. The number of anilines is 1. The molecule has 230 valence electrons. The summed E-state index contributed by atoms with van der Waals surface area (Å²) in [6.07, 6.45) is 1.02. The summed E-state index contributed by atoms with van der Waals surface area (Å²) < 4.78 is 54.8. The van der Waals surface area contributed by atoms with Crippen LogP contribution in [0.2, 0.25) is 0 Å². The minimum atomic E-state index is -4.72. The SMILES string of the molecule is CC[C@@H]1CCCN1Cc1sc(CC(=O)c2cnc(N3CCN(CC(=O)O)CC3)cn2)nc1-c1cc(F)cc(C(F)(F)F)c1. The van der Waals surface area contributed by atoms with E-state index in [4.69, 9.17) is 5.11 Å². The van der Waals surface area contributed by atoms with Crippen molar-refractivity contribution in [3.63, 3.8) is 0 Å². The monoisotopic (exact) mass is 620 g/mol. The maximum absolute atomic E-state index is 14.3. The zero-order valence-electron chi connectivity index (χ0n) is 23.6. The van der Waals surface area contributed by atoms with Crippen LogP contribution in [0.1, 0.15) is 52.1 Å². The molecule has 0 spiro atoms. The third kappa shape index (κ3) is 7.54. The van der Waals surface area contributed by atoms with Gasteiger partial charge in [0.25, 0.3) is 0 Å². The second-order valence-electron chi connectivity index (χ2n) is 10.8. The lowest BCUT2D eigenvalue weighted by atomic mass is 10.1. The number of thiazole rings is 1. The Bertz CT molecular complexity index is 1460. The van der Waals surface area contributed by atoms with Crippen molar-refractivity contribution < 1.29 is 32.3 Å². The number of Topliss-reactive ketones (excluding diaryl/α,β-unsaturated/α-hetero) is 1. The van der Waals surface area contributed by atoms with Crippen molar-refractivity contribution in [3.8, 4) is 11.3 Å². The predicted molar refractivity (Wildman–Crippen MR) is 153 cm³/mol. The van der Waals surface area contributed by atoms with E-state index in [2.05, 4.69) is 26.8 Å². The molecular weight excluding hydrogens is 588 g/mol. The average molecular weight is 621 g/mol. The molecule has 0 bridgehead atoms. The molecular formula is C29H32F4N6O3S. The molecule has 43 heavy (non-hydrogen) atoms. The Labute approximate surface area is 250 Å². The maximum atomic E-state index is 14.3. The Morgan fingerprint density at radius 1 is 1.07 bits per heavy atom. The Morgan fingerprint density at radius 3 is 2.49 bits per heavy atom. The van der Waals surface area contributed by atoms with Crippen molar-refractivity contribution in [3.05, 3.63) is 57.6 Å². The molecule has 2 saturated heterocycles. The Hall–Kier alpha value is -3.49. The van der Waals surface area contributed by atoms with Crippen LogP contribution in [0.5, 0.6) is 0 Å². The van der Waals surface area contributed by atoms with Gasteiger partial charge in [-0.05, 0) is 44.0 Å². The van der Waals surface area contributed by atoms with E-state index in [1.165, 1.54) is 23.7 Å². The van der Waals surface area contributed by atoms with Crippen LogP contribution in [0.15, 0.2) is 30.6 Å². The lowest BCUT2D eigenvalue weighted by molar-refractivity contribution is -0.139. The topological polar surface area (TPSA) is 103 Å². The number of carboxylic acid groups (broad SMARTS) is 1. The second kappa shape index (κ2) is 13.0. The van der Waals surface area contributed by atoms with Gasteiger partial charge in [-0.2, -0.15) is 13.2 Å². The van der Waals surface area contributed by atoms with E-state index in [0.29, 0.717) is 60.5 Å². The fraction of sp³-hybridized carbons (Fsp3) is 0.483. The highest BCUT2D eigenvalue weighted by atomic mass is 32.1. The maximum Gasteiger partial charge on any atom is 0.416 e. The number of hydrogen-bond donors (Lipinski definition) is 1. The number of ketones is 1. The molecule has 9 nitrogen and oxygen atoms in total. The summed E-state index contributed by atoms with van der Waals surface area (Å²) in [7, 11) is 0. The molecule has 2 aliphatic heterocycles. The van der Waals surface area contributed by atoms with E-state index in [1.807, 2.05) is 9.80 Å². The van der Waals surface area contributed by atoms with Crippen LogP contribution in [0.25, 0.3) is 11.3 Å². The number of rotatable bonds is 10. The van der Waals surface area contributed by atoms with Gasteiger partial charge < -0.3 is 10.0 Å². The van der Waals surface area contributed by atoms with Crippen LogP contribution in [0.3, 0.4) is 0 Å². The van der Waals surface area contributed by atoms with Gasteiger partial charge in [0.1, 0.15) is 22.3 Å². The van der Waals surface area contributed by atoms with E-state index in [9.17, 15) is 27.2 Å². The third-order valence-corrected chi connectivity index (χ3v) is 8.89. The van der Waals surface area contributed by atoms with Gasteiger partial charge in [0.2, 0.25) is 0 Å². The van der Waals surface area contributed by atoms with Crippen LogP contribution >= 0.6 is 11.3 Å². The van der Waals surface area contributed by atoms with Crippen molar-refractivity contribution in [2.24, 2.45) is 0 Å². The number of aliphatic carboxylic acids is 1. The highest BCUT2D eigenvalue weighted by Gasteiger charge is 2.33. The smallest absolute Gasteiger partial charge is 0.416 e. The molecule has 0 unspecified atom stereocenters. The second-order valence-corrected chi connectivity index (χ2v) is 12.0. The Morgan fingerprint density at radius 2 is 1.84 bits per heavy atom. The molecule has 2 fully saturated rings. The van der Waals surface area contributed by atoms with Crippen LogP contribution in [-0.2, 0) is 23.9 Å². The van der Waals surface area contributed by atoms with Crippen LogP contribution in [0.4, 0.5) is 23.4 Å². The van der Waals surface area contributed by atoms with Crippen molar-refractivity contribution in [1.82, 2.24) is 24.8 Å². The first kappa shape index (κ1) is 31.0. The number of hydrogen-bond acceptors (Lipinski definition) is 9. The summed E-state index contributed by atoms with van der Waals surface area (Å²) in [6, 6.07) is 2.76. The molecule has 5 rings (SSSR count). The molecule has 2 aliphatic rings. The number of piperazine rings is 1. The van der Waals surface area contributed by atoms with E-state index >= 15 is 0 Å². The number of benzene rings is 1. The average Bonchev–Trinajstić information content (AvgIpc) is 3.59. The Kier molecular flexibility index (Phi) is 9.37. The fourth-order valence-corrected chi connectivity index (χ4v) is 6.75. The molecule has 0 radical (unpaired) electrons. The molecule has 0 saturated carbocycles. The van der Waals surface area contributed by atoms with E-state index in [0.717, 1.165) is 37.9 Å². The number of carbonyl (C=O) groups excluding carboxylic acids is 1. The summed E-state index contributed by atoms with van der Waals surface area (Å²) in [6.45, 7) is 5.65. The van der Waals surface area contributed by atoms with Gasteiger partial charge in [-0.1, -0.05) is 6.92 Å². The first-order chi connectivity index (χ1) is 20.5. The number of carbonyl (C=O) groups is 2. The minimum absolute atomic E-state index is 0.0208. The molecule has 2 aromatic heterocycles. The van der Waals surface area contributed by atoms with Crippen molar-refractivity contribution in [2.45, 2.75) is 51.4 Å². The number of aromatic nitrogens is 3. The van der Waals surface area contributed by atoms with Gasteiger partial charge in [0.05, 0.1) is 36.6 Å². The van der Waals surface area contributed by atoms with E-state index in [-0.39, 0.29) is 35.7 Å². The van der Waals surface area contributed by atoms with Gasteiger partial charge in [-0.15, -0.1) is 11.3 Å². The molecule has 4 heterocycles. The summed E-state index contributed by atoms with van der Waals surface area (Å²) >= 11 is 1.25. The predicted octanol–water partition coefficient (Wildman–Crippen LogP) is 4.76. The molecule has 3 aromatic rings. The Balaban J connectivity index is 1.34. The summed E-state index contributed by atoms with van der Waals surface area (Å²) in [4.78, 5) is 44.1. The van der Waals surface area contributed by atoms with Crippen molar-refractivity contribution in [1.29, 1.82) is 0 Å². The fourth-order valence-electron chi connectivity index (χ4n) is 5.63. The van der Waals surface area contributed by atoms with Crippen molar-refractivity contribution in [2.75, 3.05) is 44.2 Å². The molecule has 14 heteroatoms. The van der Waals surface area contributed by atoms with Crippen LogP contribution in [-0.4, -0.2) is 86.9 Å². The van der Waals surface area contributed by atoms with Gasteiger partial charge in [0.15, 0.2) is 5.78 Å². The quantitative estimate of drug-likeness (QED) is 0.254. The standard InChI is InChI=1S/C29H32F4N6O3S/c1-2-21-4-3-5-39(21)16-24-28(18-10-19(29(31,32)33)12-20(30)11-18)36-26(43-24)13-23(40)22-14-35-25(15-34-22)38-8-6-37(7-9-38)17-27(41)42/h10-12,14-15,21H,2-9,13,16-17H2,1H3,(H,41,42)/t21-/m1/s1. The summed E-state index contributed by atoms with van der Waals surface area (Å²) in [5.41, 5.74) is -0.687. The highest BCUT2D eigenvalue weighted by Crippen LogP contribution is 2.37. The molecule has 1 atom stereocenters. The lowest BCUT2D eigenvalue weighted by Gasteiger charge is -2.34. The van der Waals surface area contributed by atoms with Crippen molar-refractivity contribution >= 4 is 28.9 Å². The molecule has 0 amide bonds. The summed E-state index contributed by atoms with van der Waals surface area (Å²) in [5.74, 6) is -1.65. The van der Waals surface area contributed by atoms with Gasteiger partial charge >= 0.3 is 12.1 Å². The third-order valence-electron chi connectivity index (χ3n) is 7.85. The number of nitrogens with zero attached hydrogens (tertiary/aromatic N) is 6. The molecule has 1 aromatic carbocycles. The first-order valence-corrected chi connectivity index (χ1v) is 15.0. The zero-order chi connectivity index (χ0) is 30.7.